The number of nitrogens with two attached hydrogens (primary N) is 1. The number of nitrogens with zero attached hydrogens (tertiary/aromatic N) is 5. The van der Waals surface area contributed by atoms with E-state index in [0.717, 1.165) is 0 Å². The van der Waals surface area contributed by atoms with Gasteiger partial charge in [0, 0.05) is 12.4 Å². The number of hydrazine groups is 1. The molecule has 0 spiro atoms. The van der Waals surface area contributed by atoms with Crippen molar-refractivity contribution in [3.63, 3.8) is 0 Å². The molecular weight excluding hydrogens is 260 g/mol. The van der Waals surface area contributed by atoms with Gasteiger partial charge < -0.3 is 10.4 Å². The fourth-order valence-corrected chi connectivity index (χ4v) is 1.58. The molecule has 9 nitrogen and oxygen atoms in total. The van der Waals surface area contributed by atoms with Gasteiger partial charge in [0.25, 0.3) is 0 Å². The number of imidazole rings is 1. The number of aliphatic hydroxyl groups is 1. The average molecular weight is 278 g/mol. The van der Waals surface area contributed by atoms with E-state index in [1.54, 1.807) is 23.3 Å². The van der Waals surface area contributed by atoms with Crippen LogP contribution in [-0.4, -0.2) is 42.3 Å². The van der Waals surface area contributed by atoms with Crippen molar-refractivity contribution < 1.29 is 5.11 Å². The molecule has 1 atom stereocenters. The summed E-state index contributed by atoms with van der Waals surface area (Å²) in [6.07, 6.45) is 4.91. The van der Waals surface area contributed by atoms with Gasteiger partial charge in [0.2, 0.25) is 17.8 Å². The van der Waals surface area contributed by atoms with E-state index in [9.17, 15) is 5.11 Å². The first kappa shape index (κ1) is 14.2. The molecule has 0 aliphatic carbocycles. The molecule has 2 heterocycles. The summed E-state index contributed by atoms with van der Waals surface area (Å²) in [5.74, 6) is 6.53. The minimum atomic E-state index is -0.154. The Morgan fingerprint density at radius 1 is 1.30 bits per heavy atom. The molecule has 1 unspecified atom stereocenters. The minimum Gasteiger partial charge on any atom is -0.394 e. The highest BCUT2D eigenvalue weighted by Crippen LogP contribution is 2.12. The van der Waals surface area contributed by atoms with E-state index in [0.29, 0.717) is 11.9 Å². The van der Waals surface area contributed by atoms with Crippen molar-refractivity contribution in [1.29, 1.82) is 0 Å². The summed E-state index contributed by atoms with van der Waals surface area (Å²) >= 11 is 0. The second-order valence-corrected chi connectivity index (χ2v) is 4.57. The number of rotatable bonds is 6. The fourth-order valence-electron chi connectivity index (χ4n) is 1.58. The van der Waals surface area contributed by atoms with Crippen LogP contribution in [0.3, 0.4) is 0 Å². The molecule has 5 N–H and O–H groups in total. The van der Waals surface area contributed by atoms with Crippen LogP contribution in [0.5, 0.6) is 0 Å². The maximum absolute atomic E-state index is 9.35. The Labute approximate surface area is 116 Å². The third-order valence-electron chi connectivity index (χ3n) is 2.80. The van der Waals surface area contributed by atoms with Crippen LogP contribution in [0, 0.1) is 5.92 Å². The average Bonchev–Trinajstić information content (AvgIpc) is 2.98. The number of hydrogen-bond acceptors (Lipinski definition) is 8. The van der Waals surface area contributed by atoms with Crippen LogP contribution < -0.4 is 16.6 Å². The van der Waals surface area contributed by atoms with Gasteiger partial charge in [-0.1, -0.05) is 13.8 Å². The summed E-state index contributed by atoms with van der Waals surface area (Å²) < 4.78 is 1.64. The van der Waals surface area contributed by atoms with Gasteiger partial charge in [-0.2, -0.15) is 15.0 Å². The quantitative estimate of drug-likeness (QED) is 0.421. The third-order valence-corrected chi connectivity index (χ3v) is 2.80. The summed E-state index contributed by atoms with van der Waals surface area (Å²) in [6.45, 7) is 3.97. The van der Waals surface area contributed by atoms with E-state index in [4.69, 9.17) is 5.84 Å². The number of anilines is 2. The second-order valence-electron chi connectivity index (χ2n) is 4.57. The molecule has 0 bridgehead atoms. The van der Waals surface area contributed by atoms with Crippen molar-refractivity contribution >= 4 is 11.9 Å². The molecule has 0 aliphatic rings. The Morgan fingerprint density at radius 3 is 2.60 bits per heavy atom. The summed E-state index contributed by atoms with van der Waals surface area (Å²) in [7, 11) is 0. The van der Waals surface area contributed by atoms with E-state index >= 15 is 0 Å². The van der Waals surface area contributed by atoms with Crippen molar-refractivity contribution in [3.05, 3.63) is 18.7 Å². The molecule has 0 amide bonds. The molecule has 2 aromatic heterocycles. The number of nitrogen functional groups attached to an aromatic ring is 1. The molecule has 20 heavy (non-hydrogen) atoms. The first-order valence-corrected chi connectivity index (χ1v) is 6.22. The van der Waals surface area contributed by atoms with E-state index in [2.05, 4.69) is 30.7 Å². The minimum absolute atomic E-state index is 0.0187. The molecule has 0 fully saturated rings. The van der Waals surface area contributed by atoms with Gasteiger partial charge in [0.05, 0.1) is 12.6 Å². The van der Waals surface area contributed by atoms with E-state index in [-0.39, 0.29) is 24.5 Å². The summed E-state index contributed by atoms with van der Waals surface area (Å²) in [6, 6.07) is -0.154. The zero-order valence-electron chi connectivity index (χ0n) is 11.4. The number of aromatic nitrogens is 5. The van der Waals surface area contributed by atoms with Crippen LogP contribution in [0.2, 0.25) is 0 Å². The van der Waals surface area contributed by atoms with Crippen molar-refractivity contribution in [2.75, 3.05) is 17.3 Å². The molecule has 108 valence electrons. The maximum Gasteiger partial charge on any atom is 0.243 e. The molecule has 2 aromatic rings. The molecule has 2 rings (SSSR count). The number of aliphatic hydroxyl groups excluding tert-OH is 1. The summed E-state index contributed by atoms with van der Waals surface area (Å²) in [5, 5.41) is 12.4. The van der Waals surface area contributed by atoms with E-state index in [1.165, 1.54) is 0 Å². The zero-order valence-corrected chi connectivity index (χ0v) is 11.4. The van der Waals surface area contributed by atoms with Crippen LogP contribution in [0.25, 0.3) is 5.95 Å². The van der Waals surface area contributed by atoms with Crippen LogP contribution >= 0.6 is 0 Å². The van der Waals surface area contributed by atoms with Gasteiger partial charge in [-0.25, -0.2) is 10.8 Å². The highest BCUT2D eigenvalue weighted by Gasteiger charge is 2.15. The molecule has 0 radical (unpaired) electrons. The highest BCUT2D eigenvalue weighted by atomic mass is 16.3. The topological polar surface area (TPSA) is 127 Å². The molecule has 9 heteroatoms. The van der Waals surface area contributed by atoms with E-state index < -0.39 is 0 Å². The maximum atomic E-state index is 9.35. The second kappa shape index (κ2) is 6.26. The molecule has 0 saturated carbocycles. The lowest BCUT2D eigenvalue weighted by Crippen LogP contribution is -2.31. The fraction of sp³-hybridized carbons (Fsp3) is 0.455. The Morgan fingerprint density at radius 2 is 2.05 bits per heavy atom. The Bertz CT molecular complexity index is 541. The smallest absolute Gasteiger partial charge is 0.243 e. The van der Waals surface area contributed by atoms with Gasteiger partial charge in [-0.3, -0.25) is 9.99 Å². The predicted octanol–water partition coefficient (Wildman–Crippen LogP) is -0.228. The van der Waals surface area contributed by atoms with Crippen molar-refractivity contribution in [1.82, 2.24) is 24.5 Å². The van der Waals surface area contributed by atoms with E-state index in [1.807, 2.05) is 13.8 Å². The molecule has 0 aliphatic heterocycles. The first-order chi connectivity index (χ1) is 9.63. The van der Waals surface area contributed by atoms with Gasteiger partial charge in [0.1, 0.15) is 6.33 Å². The Kier molecular flexibility index (Phi) is 4.43. The Hall–Kier alpha value is -2.26. The predicted molar refractivity (Wildman–Crippen MR) is 74.1 cm³/mol. The summed E-state index contributed by atoms with van der Waals surface area (Å²) in [5.41, 5.74) is 2.39. The number of nitrogens with one attached hydrogen (secondary N) is 2. The van der Waals surface area contributed by atoms with Crippen LogP contribution in [-0.2, 0) is 0 Å². The zero-order chi connectivity index (χ0) is 14.5. The lowest BCUT2D eigenvalue weighted by atomic mass is 10.1. The lowest BCUT2D eigenvalue weighted by molar-refractivity contribution is 0.248. The van der Waals surface area contributed by atoms with Gasteiger partial charge in [-0.15, -0.1) is 0 Å². The van der Waals surface area contributed by atoms with Crippen LogP contribution in [0.15, 0.2) is 18.7 Å². The molecular formula is C11H18N8O. The van der Waals surface area contributed by atoms with Crippen molar-refractivity contribution in [2.45, 2.75) is 19.9 Å². The monoisotopic (exact) mass is 278 g/mol. The van der Waals surface area contributed by atoms with Crippen molar-refractivity contribution in [3.8, 4) is 5.95 Å². The van der Waals surface area contributed by atoms with Gasteiger partial charge in [-0.05, 0) is 5.92 Å². The van der Waals surface area contributed by atoms with Crippen molar-refractivity contribution in [2.24, 2.45) is 11.8 Å². The first-order valence-electron chi connectivity index (χ1n) is 6.22. The lowest BCUT2D eigenvalue weighted by Gasteiger charge is -2.20. The number of hydrogen-bond donors (Lipinski definition) is 4. The standard InChI is InChI=1S/C11H18N8O/c1-7(2)8(5-20)14-9-15-10(18-12)17-11(16-9)19-4-3-13-6-19/h3-4,6-8,20H,5,12H2,1-2H3,(H2,14,15,16,17,18). The summed E-state index contributed by atoms with van der Waals surface area (Å²) in [4.78, 5) is 16.5. The molecule has 0 aromatic carbocycles. The SMILES string of the molecule is CC(C)C(CO)Nc1nc(NN)nc(-n2ccnc2)n1. The largest absolute Gasteiger partial charge is 0.394 e. The third kappa shape index (κ3) is 3.19. The van der Waals surface area contributed by atoms with Crippen LogP contribution in [0.4, 0.5) is 11.9 Å². The molecule has 0 saturated heterocycles. The Balaban J connectivity index is 2.31. The normalized spacial score (nSPS) is 12.4. The highest BCUT2D eigenvalue weighted by molar-refractivity contribution is 5.38. The van der Waals surface area contributed by atoms with Gasteiger partial charge in [0.15, 0.2) is 0 Å². The van der Waals surface area contributed by atoms with Crippen LogP contribution in [0.1, 0.15) is 13.8 Å². The van der Waals surface area contributed by atoms with Gasteiger partial charge >= 0.3 is 0 Å².